The van der Waals surface area contributed by atoms with Gasteiger partial charge >= 0.3 is 6.18 Å². The zero-order valence-corrected chi connectivity index (χ0v) is 14.6. The maximum absolute atomic E-state index is 12.9. The number of carbonyl (C=O) groups excluding carboxylic acids is 1. The lowest BCUT2D eigenvalue weighted by Gasteiger charge is -2.08. The van der Waals surface area contributed by atoms with Gasteiger partial charge in [-0.1, -0.05) is 19.1 Å². The number of fused-ring (bicyclic) bond motifs is 1. The zero-order chi connectivity index (χ0) is 18.9. The Morgan fingerprint density at radius 1 is 1.42 bits per heavy atom. The SMILES string of the molecule is CC[C@H](O)CNC(=O)c1csc2nc(-c3cccc(C(F)(F)F)c3)cn12. The molecule has 0 spiro atoms. The van der Waals surface area contributed by atoms with Crippen LogP contribution in [0.4, 0.5) is 13.2 Å². The van der Waals surface area contributed by atoms with E-state index in [1.165, 1.54) is 28.0 Å². The molecular weight excluding hydrogens is 367 g/mol. The summed E-state index contributed by atoms with van der Waals surface area (Å²) in [6.07, 6.45) is -3.01. The number of amides is 1. The number of aliphatic hydroxyl groups excluding tert-OH is 1. The lowest BCUT2D eigenvalue weighted by Crippen LogP contribution is -2.32. The van der Waals surface area contributed by atoms with Gasteiger partial charge in [0.1, 0.15) is 5.69 Å². The Balaban J connectivity index is 1.89. The van der Waals surface area contributed by atoms with Gasteiger partial charge in [-0.2, -0.15) is 13.2 Å². The van der Waals surface area contributed by atoms with E-state index in [1.54, 1.807) is 18.4 Å². The van der Waals surface area contributed by atoms with Gasteiger partial charge in [-0.3, -0.25) is 9.20 Å². The highest BCUT2D eigenvalue weighted by Gasteiger charge is 2.30. The third-order valence-electron chi connectivity index (χ3n) is 3.90. The summed E-state index contributed by atoms with van der Waals surface area (Å²) in [7, 11) is 0. The second-order valence-corrected chi connectivity index (χ2v) is 6.59. The molecule has 2 N–H and O–H groups in total. The minimum Gasteiger partial charge on any atom is -0.391 e. The highest BCUT2D eigenvalue weighted by atomic mass is 32.1. The maximum Gasteiger partial charge on any atom is 0.416 e. The molecule has 0 saturated carbocycles. The molecule has 3 aromatic rings. The second-order valence-electron chi connectivity index (χ2n) is 5.75. The van der Waals surface area contributed by atoms with Crippen LogP contribution >= 0.6 is 11.3 Å². The number of aliphatic hydroxyl groups is 1. The Kier molecular flexibility index (Phi) is 5.01. The van der Waals surface area contributed by atoms with E-state index in [1.807, 2.05) is 0 Å². The van der Waals surface area contributed by atoms with Crippen LogP contribution in [0.15, 0.2) is 35.8 Å². The smallest absolute Gasteiger partial charge is 0.391 e. The molecule has 0 bridgehead atoms. The molecule has 9 heteroatoms. The summed E-state index contributed by atoms with van der Waals surface area (Å²) < 4.78 is 40.2. The molecule has 3 rings (SSSR count). The van der Waals surface area contributed by atoms with Crippen molar-refractivity contribution < 1.29 is 23.1 Å². The number of benzene rings is 1. The molecule has 0 radical (unpaired) electrons. The molecule has 2 heterocycles. The Hall–Kier alpha value is -2.39. The first kappa shape index (κ1) is 18.4. The number of nitrogens with zero attached hydrogens (tertiary/aromatic N) is 2. The van der Waals surface area contributed by atoms with E-state index in [-0.39, 0.29) is 12.5 Å². The van der Waals surface area contributed by atoms with Gasteiger partial charge in [0, 0.05) is 23.7 Å². The van der Waals surface area contributed by atoms with Gasteiger partial charge in [0.2, 0.25) is 0 Å². The predicted octanol–water partition coefficient (Wildman–Crippen LogP) is 3.58. The molecule has 0 fully saturated rings. The number of imidazole rings is 1. The van der Waals surface area contributed by atoms with Crippen LogP contribution in [0.2, 0.25) is 0 Å². The highest BCUT2D eigenvalue weighted by Crippen LogP contribution is 2.32. The van der Waals surface area contributed by atoms with Crippen molar-refractivity contribution in [1.82, 2.24) is 14.7 Å². The fourth-order valence-electron chi connectivity index (χ4n) is 2.39. The average molecular weight is 383 g/mol. The van der Waals surface area contributed by atoms with E-state index in [0.717, 1.165) is 12.1 Å². The Morgan fingerprint density at radius 3 is 2.88 bits per heavy atom. The van der Waals surface area contributed by atoms with Crippen LogP contribution in [0.5, 0.6) is 0 Å². The summed E-state index contributed by atoms with van der Waals surface area (Å²) in [5.74, 6) is -0.378. The van der Waals surface area contributed by atoms with Crippen molar-refractivity contribution >= 4 is 22.2 Å². The van der Waals surface area contributed by atoms with Crippen LogP contribution in [0, 0.1) is 0 Å². The Labute approximate surface area is 151 Å². The fraction of sp³-hybridized carbons (Fsp3) is 0.294. The molecule has 0 aliphatic carbocycles. The lowest BCUT2D eigenvalue weighted by atomic mass is 10.1. The van der Waals surface area contributed by atoms with Crippen molar-refractivity contribution in [2.75, 3.05) is 6.54 Å². The van der Waals surface area contributed by atoms with E-state index in [2.05, 4.69) is 10.3 Å². The monoisotopic (exact) mass is 383 g/mol. The topological polar surface area (TPSA) is 66.6 Å². The molecule has 0 aliphatic rings. The van der Waals surface area contributed by atoms with Gasteiger partial charge < -0.3 is 10.4 Å². The molecule has 1 atom stereocenters. The number of rotatable bonds is 5. The quantitative estimate of drug-likeness (QED) is 0.708. The van der Waals surface area contributed by atoms with Crippen molar-refractivity contribution in [2.45, 2.75) is 25.6 Å². The molecular formula is C17H16F3N3O2S. The largest absolute Gasteiger partial charge is 0.416 e. The minimum atomic E-state index is -4.43. The number of alkyl halides is 3. The Bertz CT molecular complexity index is 933. The number of carbonyl (C=O) groups is 1. The van der Waals surface area contributed by atoms with Crippen molar-refractivity contribution in [2.24, 2.45) is 0 Å². The van der Waals surface area contributed by atoms with Crippen molar-refractivity contribution in [3.8, 4) is 11.3 Å². The van der Waals surface area contributed by atoms with Crippen molar-refractivity contribution in [3.63, 3.8) is 0 Å². The molecule has 5 nitrogen and oxygen atoms in total. The van der Waals surface area contributed by atoms with E-state index < -0.39 is 17.8 Å². The summed E-state index contributed by atoms with van der Waals surface area (Å²) in [6, 6.07) is 4.90. The van der Waals surface area contributed by atoms with Gasteiger partial charge in [0.25, 0.3) is 5.91 Å². The van der Waals surface area contributed by atoms with E-state index in [0.29, 0.717) is 28.3 Å². The van der Waals surface area contributed by atoms with Crippen molar-refractivity contribution in [3.05, 3.63) is 47.1 Å². The molecule has 0 aliphatic heterocycles. The van der Waals surface area contributed by atoms with Crippen LogP contribution in [-0.4, -0.2) is 33.0 Å². The van der Waals surface area contributed by atoms with Gasteiger partial charge in [-0.25, -0.2) is 4.98 Å². The number of nitrogens with one attached hydrogen (secondary N) is 1. The minimum absolute atomic E-state index is 0.127. The summed E-state index contributed by atoms with van der Waals surface area (Å²) in [6.45, 7) is 1.93. The molecule has 2 aromatic heterocycles. The number of halogens is 3. The number of thiazole rings is 1. The summed E-state index contributed by atoms with van der Waals surface area (Å²) in [5.41, 5.74) is 0.242. The summed E-state index contributed by atoms with van der Waals surface area (Å²) >= 11 is 1.21. The fourth-order valence-corrected chi connectivity index (χ4v) is 3.24. The number of hydrogen-bond donors (Lipinski definition) is 2. The van der Waals surface area contributed by atoms with Crippen LogP contribution in [0.3, 0.4) is 0 Å². The normalized spacial score (nSPS) is 13.1. The van der Waals surface area contributed by atoms with E-state index >= 15 is 0 Å². The third kappa shape index (κ3) is 3.73. The standard InChI is InChI=1S/C17H16F3N3O2S/c1-2-12(24)7-21-15(25)14-9-26-16-22-13(8-23(14)16)10-4-3-5-11(6-10)17(18,19)20/h3-6,8-9,12,24H,2,7H2,1H3,(H,21,25)/t12-/m0/s1. The van der Waals surface area contributed by atoms with Crippen LogP contribution in [0.25, 0.3) is 16.2 Å². The van der Waals surface area contributed by atoms with Crippen LogP contribution < -0.4 is 5.32 Å². The average Bonchev–Trinajstić information content (AvgIpc) is 3.19. The van der Waals surface area contributed by atoms with Gasteiger partial charge in [0.05, 0.1) is 17.4 Å². The second kappa shape index (κ2) is 7.08. The highest BCUT2D eigenvalue weighted by molar-refractivity contribution is 7.15. The van der Waals surface area contributed by atoms with E-state index in [9.17, 15) is 23.1 Å². The molecule has 1 amide bonds. The first-order chi connectivity index (χ1) is 12.3. The first-order valence-electron chi connectivity index (χ1n) is 7.90. The molecule has 0 saturated heterocycles. The first-order valence-corrected chi connectivity index (χ1v) is 8.78. The van der Waals surface area contributed by atoms with E-state index in [4.69, 9.17) is 0 Å². The maximum atomic E-state index is 12.9. The molecule has 26 heavy (non-hydrogen) atoms. The van der Waals surface area contributed by atoms with Gasteiger partial charge in [-0.05, 0) is 18.6 Å². The zero-order valence-electron chi connectivity index (χ0n) is 13.7. The third-order valence-corrected chi connectivity index (χ3v) is 4.74. The molecule has 0 unspecified atom stereocenters. The predicted molar refractivity (Wildman–Crippen MR) is 92.1 cm³/mol. The number of hydrogen-bond acceptors (Lipinski definition) is 4. The number of aromatic nitrogens is 2. The van der Waals surface area contributed by atoms with Crippen LogP contribution in [-0.2, 0) is 6.18 Å². The Morgan fingerprint density at radius 2 is 2.19 bits per heavy atom. The van der Waals surface area contributed by atoms with Gasteiger partial charge in [-0.15, -0.1) is 11.3 Å². The van der Waals surface area contributed by atoms with Crippen LogP contribution in [0.1, 0.15) is 29.4 Å². The lowest BCUT2D eigenvalue weighted by molar-refractivity contribution is -0.137. The molecule has 138 valence electrons. The van der Waals surface area contributed by atoms with Crippen molar-refractivity contribution in [1.29, 1.82) is 0 Å². The summed E-state index contributed by atoms with van der Waals surface area (Å²) in [4.78, 5) is 17.1. The summed E-state index contributed by atoms with van der Waals surface area (Å²) in [5, 5.41) is 13.8. The molecule has 1 aromatic carbocycles. The van der Waals surface area contributed by atoms with Gasteiger partial charge in [0.15, 0.2) is 4.96 Å².